The van der Waals surface area contributed by atoms with E-state index in [1.807, 2.05) is 0 Å². The van der Waals surface area contributed by atoms with Crippen molar-refractivity contribution in [2.24, 2.45) is 16.3 Å². The standard InChI is InChI=1S/C11H20N4O4/c1-15(7-8(16)13-5-6-19-2)10(17)11(3-4-11)9(12)14-18/h18H,3-7H2,1-2H3,(H2,12,14)(H,13,16). The fraction of sp³-hybridized carbons (Fsp3) is 0.727. The van der Waals surface area contributed by atoms with Crippen molar-refractivity contribution in [3.63, 3.8) is 0 Å². The van der Waals surface area contributed by atoms with Crippen molar-refractivity contribution < 1.29 is 19.5 Å². The largest absolute Gasteiger partial charge is 0.409 e. The molecule has 0 saturated heterocycles. The molecule has 19 heavy (non-hydrogen) atoms. The van der Waals surface area contributed by atoms with Crippen LogP contribution in [0.25, 0.3) is 0 Å². The summed E-state index contributed by atoms with van der Waals surface area (Å²) in [5, 5.41) is 14.2. The number of carbonyl (C=O) groups excluding carboxylic acids is 2. The number of methoxy groups -OCH3 is 1. The summed E-state index contributed by atoms with van der Waals surface area (Å²) in [6.07, 6.45) is 1.08. The lowest BCUT2D eigenvalue weighted by atomic mass is 10.0. The number of nitrogens with zero attached hydrogens (tertiary/aromatic N) is 2. The van der Waals surface area contributed by atoms with E-state index in [0.717, 1.165) is 0 Å². The molecule has 1 aliphatic carbocycles. The highest BCUT2D eigenvalue weighted by Crippen LogP contribution is 2.47. The van der Waals surface area contributed by atoms with Gasteiger partial charge in [-0.25, -0.2) is 0 Å². The Morgan fingerprint density at radius 3 is 2.63 bits per heavy atom. The van der Waals surface area contributed by atoms with Crippen LogP contribution in [0.3, 0.4) is 0 Å². The van der Waals surface area contributed by atoms with E-state index in [1.54, 1.807) is 0 Å². The molecule has 4 N–H and O–H groups in total. The van der Waals surface area contributed by atoms with Crippen molar-refractivity contribution in [3.8, 4) is 0 Å². The molecule has 108 valence electrons. The van der Waals surface area contributed by atoms with E-state index < -0.39 is 5.41 Å². The van der Waals surface area contributed by atoms with Gasteiger partial charge in [0.25, 0.3) is 0 Å². The van der Waals surface area contributed by atoms with Crippen LogP contribution >= 0.6 is 0 Å². The topological polar surface area (TPSA) is 117 Å². The average molecular weight is 272 g/mol. The molecule has 0 bridgehead atoms. The first-order valence-corrected chi connectivity index (χ1v) is 5.97. The van der Waals surface area contributed by atoms with Gasteiger partial charge in [0.2, 0.25) is 11.8 Å². The zero-order valence-corrected chi connectivity index (χ0v) is 11.2. The quantitative estimate of drug-likeness (QED) is 0.176. The number of nitrogens with two attached hydrogens (primary N) is 1. The van der Waals surface area contributed by atoms with Crippen molar-refractivity contribution in [3.05, 3.63) is 0 Å². The number of amides is 2. The lowest BCUT2D eigenvalue weighted by Crippen LogP contribution is -2.46. The molecular formula is C11H20N4O4. The minimum absolute atomic E-state index is 0.0665. The van der Waals surface area contributed by atoms with Crippen molar-refractivity contribution in [1.82, 2.24) is 10.2 Å². The highest BCUT2D eigenvalue weighted by atomic mass is 16.5. The number of carbonyl (C=O) groups is 2. The molecule has 1 fully saturated rings. The van der Waals surface area contributed by atoms with Gasteiger partial charge < -0.3 is 25.9 Å². The van der Waals surface area contributed by atoms with Crippen LogP contribution < -0.4 is 11.1 Å². The predicted octanol–water partition coefficient (Wildman–Crippen LogP) is -1.27. The maximum absolute atomic E-state index is 12.1. The van der Waals surface area contributed by atoms with Gasteiger partial charge >= 0.3 is 0 Å². The molecule has 1 rings (SSSR count). The first-order chi connectivity index (χ1) is 8.97. The minimum atomic E-state index is -0.920. The van der Waals surface area contributed by atoms with Gasteiger partial charge in [-0.3, -0.25) is 9.59 Å². The monoisotopic (exact) mass is 272 g/mol. The molecule has 1 aliphatic rings. The Bertz CT molecular complexity index is 379. The van der Waals surface area contributed by atoms with Crippen LogP contribution in [-0.4, -0.2) is 61.6 Å². The molecule has 2 amide bonds. The van der Waals surface area contributed by atoms with Crippen LogP contribution in [0.4, 0.5) is 0 Å². The van der Waals surface area contributed by atoms with Gasteiger partial charge in [0.15, 0.2) is 5.84 Å². The van der Waals surface area contributed by atoms with E-state index in [9.17, 15) is 9.59 Å². The van der Waals surface area contributed by atoms with Gasteiger partial charge in [0.05, 0.1) is 13.2 Å². The van der Waals surface area contributed by atoms with Crippen LogP contribution in [-0.2, 0) is 14.3 Å². The number of likely N-dealkylation sites (N-methyl/N-ethyl adjacent to an activating group) is 1. The van der Waals surface area contributed by atoms with Crippen LogP contribution in [0.5, 0.6) is 0 Å². The highest BCUT2D eigenvalue weighted by Gasteiger charge is 2.55. The number of nitrogens with one attached hydrogen (secondary N) is 1. The Labute approximate surface area is 111 Å². The van der Waals surface area contributed by atoms with Gasteiger partial charge in [-0.1, -0.05) is 5.16 Å². The number of amidine groups is 1. The molecule has 0 aliphatic heterocycles. The molecule has 0 aromatic carbocycles. The molecule has 0 radical (unpaired) electrons. The van der Waals surface area contributed by atoms with Crippen LogP contribution in [0.15, 0.2) is 5.16 Å². The van der Waals surface area contributed by atoms with E-state index in [1.165, 1.54) is 19.1 Å². The number of oxime groups is 1. The SMILES string of the molecule is COCCNC(=O)CN(C)C(=O)C1(C(N)=NO)CC1. The van der Waals surface area contributed by atoms with Gasteiger partial charge in [-0.05, 0) is 12.8 Å². The average Bonchev–Trinajstić information content (AvgIpc) is 3.18. The van der Waals surface area contributed by atoms with Gasteiger partial charge in [-0.15, -0.1) is 0 Å². The Balaban J connectivity index is 2.48. The number of hydrogen-bond acceptors (Lipinski definition) is 5. The van der Waals surface area contributed by atoms with E-state index in [2.05, 4.69) is 10.5 Å². The molecular weight excluding hydrogens is 252 g/mol. The Hall–Kier alpha value is -1.83. The molecule has 0 atom stereocenters. The lowest BCUT2D eigenvalue weighted by molar-refractivity contribution is -0.137. The Morgan fingerprint density at radius 2 is 2.16 bits per heavy atom. The summed E-state index contributed by atoms with van der Waals surface area (Å²) >= 11 is 0. The zero-order chi connectivity index (χ0) is 14.5. The Kier molecular flexibility index (Phi) is 5.11. The second kappa shape index (κ2) is 6.37. The summed E-state index contributed by atoms with van der Waals surface area (Å²) in [7, 11) is 3.05. The lowest BCUT2D eigenvalue weighted by Gasteiger charge is -2.22. The van der Waals surface area contributed by atoms with Crippen molar-refractivity contribution in [2.45, 2.75) is 12.8 Å². The van der Waals surface area contributed by atoms with Crippen molar-refractivity contribution >= 4 is 17.6 Å². The van der Waals surface area contributed by atoms with Crippen LogP contribution in [0.2, 0.25) is 0 Å². The molecule has 0 aromatic rings. The van der Waals surface area contributed by atoms with E-state index in [0.29, 0.717) is 26.0 Å². The third kappa shape index (κ3) is 3.57. The third-order valence-electron chi connectivity index (χ3n) is 3.11. The molecule has 0 heterocycles. The van der Waals surface area contributed by atoms with Gasteiger partial charge in [-0.2, -0.15) is 0 Å². The normalized spacial score (nSPS) is 16.8. The van der Waals surface area contributed by atoms with E-state index in [4.69, 9.17) is 15.7 Å². The highest BCUT2D eigenvalue weighted by molar-refractivity contribution is 6.09. The maximum atomic E-state index is 12.1. The van der Waals surface area contributed by atoms with Crippen LogP contribution in [0, 0.1) is 5.41 Å². The summed E-state index contributed by atoms with van der Waals surface area (Å²) in [4.78, 5) is 25.0. The first kappa shape index (κ1) is 15.2. The summed E-state index contributed by atoms with van der Waals surface area (Å²) in [5.41, 5.74) is 4.60. The molecule has 8 nitrogen and oxygen atoms in total. The van der Waals surface area contributed by atoms with Crippen LogP contribution in [0.1, 0.15) is 12.8 Å². The summed E-state index contributed by atoms with van der Waals surface area (Å²) in [6, 6.07) is 0. The number of hydrogen-bond donors (Lipinski definition) is 3. The van der Waals surface area contributed by atoms with Crippen molar-refractivity contribution in [2.75, 3.05) is 33.9 Å². The number of rotatable bonds is 7. The smallest absolute Gasteiger partial charge is 0.239 e. The Morgan fingerprint density at radius 1 is 1.53 bits per heavy atom. The van der Waals surface area contributed by atoms with E-state index in [-0.39, 0.29) is 24.2 Å². The fourth-order valence-corrected chi connectivity index (χ4v) is 1.80. The third-order valence-corrected chi connectivity index (χ3v) is 3.11. The predicted molar refractivity (Wildman–Crippen MR) is 67.6 cm³/mol. The molecule has 0 aromatic heterocycles. The molecule has 0 spiro atoms. The molecule has 1 saturated carbocycles. The zero-order valence-electron chi connectivity index (χ0n) is 11.2. The summed E-state index contributed by atoms with van der Waals surface area (Å²) < 4.78 is 4.80. The molecule has 8 heteroatoms. The van der Waals surface area contributed by atoms with Gasteiger partial charge in [0.1, 0.15) is 5.41 Å². The fourth-order valence-electron chi connectivity index (χ4n) is 1.80. The molecule has 0 unspecified atom stereocenters. The minimum Gasteiger partial charge on any atom is -0.409 e. The summed E-state index contributed by atoms with van der Waals surface area (Å²) in [6.45, 7) is 0.739. The second-order valence-corrected chi connectivity index (χ2v) is 4.57. The first-order valence-electron chi connectivity index (χ1n) is 5.97. The number of ether oxygens (including phenoxy) is 1. The maximum Gasteiger partial charge on any atom is 0.239 e. The summed E-state index contributed by atoms with van der Waals surface area (Å²) in [5.74, 6) is -0.669. The van der Waals surface area contributed by atoms with Crippen molar-refractivity contribution in [1.29, 1.82) is 0 Å². The van der Waals surface area contributed by atoms with E-state index >= 15 is 0 Å². The van der Waals surface area contributed by atoms with Gasteiger partial charge in [0, 0.05) is 20.7 Å². The second-order valence-electron chi connectivity index (χ2n) is 4.57.